The first kappa shape index (κ1) is 24.0. The molecule has 0 aliphatic carbocycles. The monoisotopic (exact) mass is 304 g/mol. The standard InChI is InChI=1S/2C2H2O4.Ca.Sr/c2*3-1(4)2(5)6;;/h2*(H,3,4)(H,5,6);;/q;;2*+2/p-4. The summed E-state index contributed by atoms with van der Waals surface area (Å²) >= 11 is 0. The van der Waals surface area contributed by atoms with Crippen LogP contribution in [0.2, 0.25) is 0 Å². The summed E-state index contributed by atoms with van der Waals surface area (Å²) in [5.41, 5.74) is 0. The third-order valence-corrected chi connectivity index (χ3v) is 0.333. The number of carboxylic acid groups (broad SMARTS) is 4. The molecule has 0 aliphatic rings. The van der Waals surface area contributed by atoms with Gasteiger partial charge < -0.3 is 39.6 Å². The predicted octanol–water partition coefficient (Wildman–Crippen LogP) is -7.79. The Balaban J connectivity index is -0.0000000625. The van der Waals surface area contributed by atoms with Gasteiger partial charge in [0.25, 0.3) is 0 Å². The van der Waals surface area contributed by atoms with E-state index in [1.54, 1.807) is 0 Å². The van der Waals surface area contributed by atoms with E-state index in [0.29, 0.717) is 0 Å². The van der Waals surface area contributed by atoms with Crippen molar-refractivity contribution in [1.29, 1.82) is 0 Å². The molecule has 0 saturated heterocycles. The van der Waals surface area contributed by atoms with E-state index in [1.807, 2.05) is 0 Å². The van der Waals surface area contributed by atoms with Crippen LogP contribution in [0, 0.1) is 0 Å². The van der Waals surface area contributed by atoms with Gasteiger partial charge in [-0.2, -0.15) is 0 Å². The summed E-state index contributed by atoms with van der Waals surface area (Å²) in [4.78, 5) is 35.7. The van der Waals surface area contributed by atoms with Crippen molar-refractivity contribution in [1.82, 2.24) is 0 Å². The second-order valence-electron chi connectivity index (χ2n) is 1.15. The van der Waals surface area contributed by atoms with Crippen molar-refractivity contribution < 1.29 is 39.6 Å². The number of carbonyl (C=O) groups is 4. The molecule has 0 atom stereocenters. The Hall–Kier alpha value is 0.620. The Morgan fingerprint density at radius 3 is 0.643 bits per heavy atom. The molecule has 14 heavy (non-hydrogen) atoms. The third-order valence-electron chi connectivity index (χ3n) is 0.333. The number of rotatable bonds is 0. The molecule has 0 saturated carbocycles. The maximum atomic E-state index is 8.93. The summed E-state index contributed by atoms with van der Waals surface area (Å²) in [7, 11) is 0. The Bertz CT molecular complexity index is 177. The van der Waals surface area contributed by atoms with Gasteiger partial charge in [-0.1, -0.05) is 0 Å². The van der Waals surface area contributed by atoms with Crippen LogP contribution < -0.4 is 20.4 Å². The zero-order chi connectivity index (χ0) is 10.3. The van der Waals surface area contributed by atoms with Crippen molar-refractivity contribution >= 4 is 107 Å². The molecule has 0 N–H and O–H groups in total. The van der Waals surface area contributed by atoms with E-state index in [0.717, 1.165) is 0 Å². The molecule has 0 fully saturated rings. The van der Waals surface area contributed by atoms with E-state index in [1.165, 1.54) is 0 Å². The smallest absolute Gasteiger partial charge is 0.543 e. The normalized spacial score (nSPS) is 6.29. The predicted molar refractivity (Wildman–Crippen MR) is 31.5 cm³/mol. The van der Waals surface area contributed by atoms with Crippen molar-refractivity contribution in [2.24, 2.45) is 0 Å². The van der Waals surface area contributed by atoms with Crippen LogP contribution in [0.3, 0.4) is 0 Å². The molecule has 0 amide bonds. The number of hydrogen-bond acceptors (Lipinski definition) is 8. The number of carboxylic acids is 4. The van der Waals surface area contributed by atoms with E-state index in [4.69, 9.17) is 39.6 Å². The summed E-state index contributed by atoms with van der Waals surface area (Å²) in [6.07, 6.45) is 0. The fraction of sp³-hybridized carbons (Fsp3) is 0. The van der Waals surface area contributed by atoms with Gasteiger partial charge in [-0.3, -0.25) is 0 Å². The Morgan fingerprint density at radius 1 is 0.571 bits per heavy atom. The van der Waals surface area contributed by atoms with Crippen LogP contribution in [0.5, 0.6) is 0 Å². The van der Waals surface area contributed by atoms with Gasteiger partial charge in [0.2, 0.25) is 0 Å². The van der Waals surface area contributed by atoms with E-state index in [2.05, 4.69) is 0 Å². The zero-order valence-corrected chi connectivity index (χ0v) is 12.4. The van der Waals surface area contributed by atoms with Gasteiger partial charge in [0, 0.05) is 0 Å². The quantitative estimate of drug-likeness (QED) is 0.315. The molecule has 0 unspecified atom stereocenters. The minimum absolute atomic E-state index is 0. The second kappa shape index (κ2) is 13.6. The number of carbonyl (C=O) groups excluding carboxylic acids is 4. The van der Waals surface area contributed by atoms with Gasteiger partial charge >= 0.3 is 83.2 Å². The van der Waals surface area contributed by atoms with Crippen LogP contribution in [0.15, 0.2) is 0 Å². The van der Waals surface area contributed by atoms with E-state index < -0.39 is 23.9 Å². The maximum absolute atomic E-state index is 8.93. The molecule has 0 bridgehead atoms. The molecule has 8 nitrogen and oxygen atoms in total. The van der Waals surface area contributed by atoms with E-state index in [9.17, 15) is 0 Å². The molecule has 68 valence electrons. The average molecular weight is 304 g/mol. The minimum atomic E-state index is -2.19. The van der Waals surface area contributed by atoms with Gasteiger partial charge in [-0.05, 0) is 0 Å². The largest absolute Gasteiger partial charge is 2.00 e. The van der Waals surface area contributed by atoms with Crippen molar-refractivity contribution in [3.63, 3.8) is 0 Å². The van der Waals surface area contributed by atoms with Crippen molar-refractivity contribution in [3.8, 4) is 0 Å². The maximum Gasteiger partial charge on any atom is 2.00 e. The summed E-state index contributed by atoms with van der Waals surface area (Å²) < 4.78 is 0. The molecule has 0 aromatic rings. The van der Waals surface area contributed by atoms with Crippen LogP contribution in [-0.2, 0) is 19.2 Å². The fourth-order valence-corrected chi connectivity index (χ4v) is 0. The average Bonchev–Trinajstić information content (AvgIpc) is 1.88. The molecule has 0 spiro atoms. The SMILES string of the molecule is O=C([O-])C(=O)[O-].O=C([O-])C(=O)[O-].[Ca+2].[Sr+2]. The molecule has 0 aromatic heterocycles. The van der Waals surface area contributed by atoms with Gasteiger partial charge in [-0.15, -0.1) is 0 Å². The molecule has 0 radical (unpaired) electrons. The van der Waals surface area contributed by atoms with Gasteiger partial charge in [0.15, 0.2) is 0 Å². The van der Waals surface area contributed by atoms with E-state index in [-0.39, 0.29) is 83.2 Å². The van der Waals surface area contributed by atoms with Crippen LogP contribution in [0.4, 0.5) is 0 Å². The van der Waals surface area contributed by atoms with Crippen LogP contribution >= 0.6 is 0 Å². The Labute approximate surface area is 144 Å². The molecule has 0 aromatic carbocycles. The molecule has 0 aliphatic heterocycles. The van der Waals surface area contributed by atoms with Gasteiger partial charge in [0.05, 0.1) is 23.9 Å². The Morgan fingerprint density at radius 2 is 0.643 bits per heavy atom. The van der Waals surface area contributed by atoms with Gasteiger partial charge in [0.1, 0.15) is 0 Å². The van der Waals surface area contributed by atoms with Gasteiger partial charge in [-0.25, -0.2) is 0 Å². The molecular weight excluding hydrogens is 304 g/mol. The second-order valence-corrected chi connectivity index (χ2v) is 1.15. The number of hydrogen-bond donors (Lipinski definition) is 0. The first-order chi connectivity index (χ1) is 5.29. The summed E-state index contributed by atoms with van der Waals surface area (Å²) in [6.45, 7) is 0. The van der Waals surface area contributed by atoms with E-state index >= 15 is 0 Å². The summed E-state index contributed by atoms with van der Waals surface area (Å²) in [5.74, 6) is -8.74. The van der Waals surface area contributed by atoms with Crippen LogP contribution in [-0.4, -0.2) is 107 Å². The van der Waals surface area contributed by atoms with Crippen molar-refractivity contribution in [3.05, 3.63) is 0 Å². The summed E-state index contributed by atoms with van der Waals surface area (Å²) in [5, 5.41) is 35.7. The molecule has 0 heterocycles. The topological polar surface area (TPSA) is 161 Å². The zero-order valence-electron chi connectivity index (χ0n) is 6.68. The molecule has 10 heteroatoms. The minimum Gasteiger partial charge on any atom is -0.543 e. The molecular formula is C4CaO8Sr. The van der Waals surface area contributed by atoms with Crippen LogP contribution in [0.25, 0.3) is 0 Å². The van der Waals surface area contributed by atoms with Crippen molar-refractivity contribution in [2.45, 2.75) is 0 Å². The fourth-order valence-electron chi connectivity index (χ4n) is 0. The number of aliphatic carboxylic acids is 4. The third kappa shape index (κ3) is 22.9. The molecule has 0 rings (SSSR count). The summed E-state index contributed by atoms with van der Waals surface area (Å²) in [6, 6.07) is 0. The van der Waals surface area contributed by atoms with Crippen LogP contribution in [0.1, 0.15) is 0 Å². The first-order valence-electron chi connectivity index (χ1n) is 2.13. The van der Waals surface area contributed by atoms with Crippen molar-refractivity contribution in [2.75, 3.05) is 0 Å². The first-order valence-corrected chi connectivity index (χ1v) is 2.13. The Kier molecular flexibility index (Phi) is 23.4.